The summed E-state index contributed by atoms with van der Waals surface area (Å²) in [6.45, 7) is 8.29. The molecule has 0 unspecified atom stereocenters. The number of carbonyl (C=O) groups excluding carboxylic acids is 2. The minimum Gasteiger partial charge on any atom is -0.483 e. The van der Waals surface area contributed by atoms with Crippen LogP contribution < -0.4 is 15.6 Å². The van der Waals surface area contributed by atoms with Gasteiger partial charge in [0.1, 0.15) is 10.9 Å². The van der Waals surface area contributed by atoms with Gasteiger partial charge in [-0.2, -0.15) is 5.10 Å². The number of hydrogen-bond donors (Lipinski definition) is 2. The van der Waals surface area contributed by atoms with Gasteiger partial charge < -0.3 is 4.74 Å². The topological polar surface area (TPSA) is 85.3 Å². The third-order valence-electron chi connectivity index (χ3n) is 4.26. The molecular weight excluding hydrogens is 392 g/mol. The predicted molar refractivity (Wildman–Crippen MR) is 114 cm³/mol. The number of halogens is 1. The highest BCUT2D eigenvalue weighted by atomic mass is 35.5. The summed E-state index contributed by atoms with van der Waals surface area (Å²) in [7, 11) is 0. The number of hydrogen-bond acceptors (Lipinski definition) is 4. The number of benzene rings is 1. The van der Waals surface area contributed by atoms with Gasteiger partial charge in [-0.3, -0.25) is 25.1 Å². The SMILES string of the molecule is CCCCn1nc(C)c(C=CC(=O)NNC(=O)COc2cc(C)ccc2C)c1Cl. The van der Waals surface area contributed by atoms with Crippen LogP contribution in [0.4, 0.5) is 0 Å². The summed E-state index contributed by atoms with van der Waals surface area (Å²) in [4.78, 5) is 23.9. The molecule has 1 aromatic heterocycles. The van der Waals surface area contributed by atoms with Gasteiger partial charge in [0.15, 0.2) is 6.61 Å². The zero-order chi connectivity index (χ0) is 21.4. The Morgan fingerprint density at radius 1 is 1.24 bits per heavy atom. The number of unbranched alkanes of at least 4 members (excludes halogenated alkanes) is 1. The largest absolute Gasteiger partial charge is 0.483 e. The maximum absolute atomic E-state index is 12.0. The van der Waals surface area contributed by atoms with Crippen LogP contribution in [0.2, 0.25) is 5.15 Å². The summed E-state index contributed by atoms with van der Waals surface area (Å²) >= 11 is 6.33. The van der Waals surface area contributed by atoms with Crippen LogP contribution in [-0.4, -0.2) is 28.2 Å². The molecule has 0 fully saturated rings. The predicted octanol–water partition coefficient (Wildman–Crippen LogP) is 3.50. The fourth-order valence-electron chi connectivity index (χ4n) is 2.59. The highest BCUT2D eigenvalue weighted by molar-refractivity contribution is 6.31. The highest BCUT2D eigenvalue weighted by Gasteiger charge is 2.11. The van der Waals surface area contributed by atoms with Crippen molar-refractivity contribution in [1.29, 1.82) is 0 Å². The van der Waals surface area contributed by atoms with Crippen molar-refractivity contribution in [3.05, 3.63) is 51.8 Å². The molecule has 156 valence electrons. The summed E-state index contributed by atoms with van der Waals surface area (Å²) in [5.41, 5.74) is 8.03. The van der Waals surface area contributed by atoms with E-state index >= 15 is 0 Å². The molecule has 2 aromatic rings. The first-order valence-electron chi connectivity index (χ1n) is 9.51. The van der Waals surface area contributed by atoms with Crippen molar-refractivity contribution >= 4 is 29.5 Å². The number of amides is 2. The van der Waals surface area contributed by atoms with Gasteiger partial charge in [-0.05, 0) is 50.5 Å². The average molecular weight is 419 g/mol. The summed E-state index contributed by atoms with van der Waals surface area (Å²) in [5, 5.41) is 4.87. The minimum absolute atomic E-state index is 0.205. The molecule has 0 aliphatic rings. The molecule has 0 aliphatic heterocycles. The first-order valence-corrected chi connectivity index (χ1v) is 9.89. The number of aromatic nitrogens is 2. The van der Waals surface area contributed by atoms with E-state index in [1.165, 1.54) is 6.08 Å². The summed E-state index contributed by atoms with van der Waals surface area (Å²) in [6.07, 6.45) is 4.89. The van der Waals surface area contributed by atoms with Gasteiger partial charge in [-0.15, -0.1) is 0 Å². The number of hydrazine groups is 1. The third-order valence-corrected chi connectivity index (χ3v) is 4.66. The standard InChI is InChI=1S/C21H27ClN4O3/c1-5-6-11-26-21(22)17(16(4)25-26)9-10-19(27)23-24-20(28)13-29-18-12-14(2)7-8-15(18)3/h7-10,12H,5-6,11,13H2,1-4H3,(H,23,27)(H,24,28). The molecule has 0 radical (unpaired) electrons. The van der Waals surface area contributed by atoms with Gasteiger partial charge >= 0.3 is 0 Å². The maximum Gasteiger partial charge on any atom is 0.276 e. The normalized spacial score (nSPS) is 10.9. The van der Waals surface area contributed by atoms with E-state index in [1.807, 2.05) is 39.0 Å². The zero-order valence-electron chi connectivity index (χ0n) is 17.2. The average Bonchev–Trinajstić information content (AvgIpc) is 2.96. The molecule has 1 heterocycles. The van der Waals surface area contributed by atoms with Crippen molar-refractivity contribution in [2.75, 3.05) is 6.61 Å². The molecule has 0 atom stereocenters. The van der Waals surface area contributed by atoms with Crippen molar-refractivity contribution in [3.63, 3.8) is 0 Å². The van der Waals surface area contributed by atoms with Gasteiger partial charge in [-0.1, -0.05) is 37.1 Å². The molecule has 2 rings (SSSR count). The van der Waals surface area contributed by atoms with E-state index in [4.69, 9.17) is 16.3 Å². The second-order valence-electron chi connectivity index (χ2n) is 6.79. The van der Waals surface area contributed by atoms with E-state index in [1.54, 1.807) is 10.8 Å². The molecule has 0 spiro atoms. The number of ether oxygens (including phenoxy) is 1. The Morgan fingerprint density at radius 2 is 2.00 bits per heavy atom. The van der Waals surface area contributed by atoms with E-state index in [-0.39, 0.29) is 6.61 Å². The lowest BCUT2D eigenvalue weighted by Gasteiger charge is -2.10. The number of nitrogens with zero attached hydrogens (tertiary/aromatic N) is 2. The van der Waals surface area contributed by atoms with E-state index in [9.17, 15) is 9.59 Å². The van der Waals surface area contributed by atoms with Crippen molar-refractivity contribution in [1.82, 2.24) is 20.6 Å². The molecule has 0 bridgehead atoms. The van der Waals surface area contributed by atoms with Crippen LogP contribution in [0, 0.1) is 20.8 Å². The Morgan fingerprint density at radius 3 is 2.72 bits per heavy atom. The quantitative estimate of drug-likeness (QED) is 0.507. The Kier molecular flexibility index (Phi) is 8.27. The molecule has 29 heavy (non-hydrogen) atoms. The monoisotopic (exact) mass is 418 g/mol. The molecule has 2 N–H and O–H groups in total. The lowest BCUT2D eigenvalue weighted by Crippen LogP contribution is -2.43. The Bertz CT molecular complexity index is 906. The van der Waals surface area contributed by atoms with Crippen LogP contribution in [0.3, 0.4) is 0 Å². The third kappa shape index (κ3) is 6.64. The molecule has 2 amide bonds. The minimum atomic E-state index is -0.484. The van der Waals surface area contributed by atoms with Crippen LogP contribution in [0.1, 0.15) is 42.1 Å². The molecule has 8 heteroatoms. The summed E-state index contributed by atoms with van der Waals surface area (Å²) in [6, 6.07) is 5.75. The Balaban J connectivity index is 1.84. The van der Waals surface area contributed by atoms with Crippen LogP contribution >= 0.6 is 11.6 Å². The second-order valence-corrected chi connectivity index (χ2v) is 7.15. The van der Waals surface area contributed by atoms with Crippen molar-refractivity contribution in [3.8, 4) is 5.75 Å². The Hall–Kier alpha value is -2.80. The first-order chi connectivity index (χ1) is 13.8. The maximum atomic E-state index is 12.0. The summed E-state index contributed by atoms with van der Waals surface area (Å²) in [5.74, 6) is -0.312. The van der Waals surface area contributed by atoms with Crippen molar-refractivity contribution < 1.29 is 14.3 Å². The molecule has 0 aliphatic carbocycles. The molecule has 1 aromatic carbocycles. The first kappa shape index (κ1) is 22.5. The van der Waals surface area contributed by atoms with Gasteiger partial charge in [0.25, 0.3) is 11.8 Å². The van der Waals surface area contributed by atoms with Gasteiger partial charge in [0.2, 0.25) is 0 Å². The van der Waals surface area contributed by atoms with Crippen molar-refractivity contribution in [2.45, 2.75) is 47.1 Å². The second kappa shape index (κ2) is 10.7. The Labute approximate surface area is 176 Å². The van der Waals surface area contributed by atoms with Crippen LogP contribution in [-0.2, 0) is 16.1 Å². The molecule has 0 saturated carbocycles. The summed E-state index contributed by atoms with van der Waals surface area (Å²) < 4.78 is 7.22. The molecule has 7 nitrogen and oxygen atoms in total. The van der Waals surface area contributed by atoms with Gasteiger partial charge in [0.05, 0.1) is 5.69 Å². The lowest BCUT2D eigenvalue weighted by molar-refractivity contribution is -0.128. The highest BCUT2D eigenvalue weighted by Crippen LogP contribution is 2.22. The van der Waals surface area contributed by atoms with Crippen LogP contribution in [0.25, 0.3) is 6.08 Å². The smallest absolute Gasteiger partial charge is 0.276 e. The lowest BCUT2D eigenvalue weighted by atomic mass is 10.1. The van der Waals surface area contributed by atoms with E-state index in [0.29, 0.717) is 16.5 Å². The number of rotatable bonds is 8. The van der Waals surface area contributed by atoms with Gasteiger partial charge in [-0.25, -0.2) is 0 Å². The van der Waals surface area contributed by atoms with Crippen molar-refractivity contribution in [2.24, 2.45) is 0 Å². The number of carbonyl (C=O) groups is 2. The van der Waals surface area contributed by atoms with E-state index in [0.717, 1.165) is 36.2 Å². The number of aryl methyl sites for hydroxylation is 4. The van der Waals surface area contributed by atoms with E-state index in [2.05, 4.69) is 22.9 Å². The molecular formula is C21H27ClN4O3. The van der Waals surface area contributed by atoms with E-state index < -0.39 is 11.8 Å². The van der Waals surface area contributed by atoms with Crippen LogP contribution in [0.15, 0.2) is 24.3 Å². The van der Waals surface area contributed by atoms with Crippen LogP contribution in [0.5, 0.6) is 5.75 Å². The fourth-order valence-corrected chi connectivity index (χ4v) is 2.91. The van der Waals surface area contributed by atoms with Gasteiger partial charge in [0, 0.05) is 18.2 Å². The molecule has 0 saturated heterocycles. The zero-order valence-corrected chi connectivity index (χ0v) is 18.0. The number of nitrogens with one attached hydrogen (secondary N) is 2. The fraction of sp³-hybridized carbons (Fsp3) is 0.381.